The normalized spacial score (nSPS) is 36.0. The molecule has 278 valence electrons. The molecule has 2 amide bonds. The first kappa shape index (κ1) is 38.3. The highest BCUT2D eigenvalue weighted by Gasteiger charge is 2.72. The number of amides is 2. The summed E-state index contributed by atoms with van der Waals surface area (Å²) < 4.78 is 20.3. The van der Waals surface area contributed by atoms with Crippen LogP contribution in [-0.4, -0.2) is 60.5 Å². The van der Waals surface area contributed by atoms with E-state index in [1.807, 2.05) is 63.2 Å². The highest BCUT2D eigenvalue weighted by Crippen LogP contribution is 2.61. The number of benzene rings is 2. The number of ether oxygens (including phenoxy) is 2. The summed E-state index contributed by atoms with van der Waals surface area (Å²) in [5.74, 6) is -3.67. The Labute approximate surface area is 311 Å². The van der Waals surface area contributed by atoms with Gasteiger partial charge in [-0.25, -0.2) is 0 Å². The maximum atomic E-state index is 15.8. The summed E-state index contributed by atoms with van der Waals surface area (Å²) in [6, 6.07) is 18.2. The minimum atomic E-state index is -2.48. The first-order chi connectivity index (χ1) is 24.2. The van der Waals surface area contributed by atoms with Crippen LogP contribution >= 0.6 is 0 Å². The van der Waals surface area contributed by atoms with Crippen molar-refractivity contribution in [3.05, 3.63) is 108 Å². The number of fused-ring (bicyclic) bond motifs is 1. The van der Waals surface area contributed by atoms with Gasteiger partial charge in [-0.3, -0.25) is 19.3 Å². The molecule has 1 spiro atoms. The van der Waals surface area contributed by atoms with Crippen molar-refractivity contribution in [2.24, 2.45) is 29.1 Å². The molecule has 2 aliphatic carbocycles. The lowest BCUT2D eigenvalue weighted by molar-refractivity contribution is -0.156. The van der Waals surface area contributed by atoms with Crippen molar-refractivity contribution < 1.29 is 28.3 Å². The van der Waals surface area contributed by atoms with Crippen molar-refractivity contribution in [1.29, 1.82) is 0 Å². The molecule has 8 heteroatoms. The van der Waals surface area contributed by atoms with Gasteiger partial charge in [-0.1, -0.05) is 102 Å². The first-order valence-electron chi connectivity index (χ1n) is 18.9. The number of hydrogen-bond acceptors (Lipinski definition) is 6. The lowest BCUT2D eigenvalue weighted by Gasteiger charge is -2.53. The maximum absolute atomic E-state index is 15.8. The number of carbonyl (C=O) groups excluding carboxylic acids is 3. The van der Waals surface area contributed by atoms with Gasteiger partial charge in [-0.15, -0.1) is 0 Å². The third-order valence-corrected chi connectivity index (χ3v) is 17.2. The number of rotatable bonds is 5. The van der Waals surface area contributed by atoms with Crippen LogP contribution in [0, 0.1) is 29.1 Å². The highest BCUT2D eigenvalue weighted by atomic mass is 28.4. The van der Waals surface area contributed by atoms with Crippen molar-refractivity contribution in [2.45, 2.75) is 116 Å². The van der Waals surface area contributed by atoms with E-state index in [0.717, 1.165) is 11.1 Å². The van der Waals surface area contributed by atoms with Gasteiger partial charge in [-0.2, -0.15) is 0 Å². The molecule has 2 aromatic rings. The Morgan fingerprint density at radius 1 is 1.00 bits per heavy atom. The second kappa shape index (κ2) is 13.5. The van der Waals surface area contributed by atoms with Crippen LogP contribution in [0.3, 0.4) is 0 Å². The lowest BCUT2D eigenvalue weighted by Crippen LogP contribution is -2.60. The van der Waals surface area contributed by atoms with E-state index in [0.29, 0.717) is 18.4 Å². The Hall–Kier alpha value is -3.43. The van der Waals surface area contributed by atoms with E-state index < -0.39 is 60.9 Å². The van der Waals surface area contributed by atoms with Crippen LogP contribution in [0.25, 0.3) is 0 Å². The second-order valence-corrected chi connectivity index (χ2v) is 22.5. The molecule has 6 rings (SSSR count). The number of likely N-dealkylation sites (tertiary alicyclic amines) is 1. The van der Waals surface area contributed by atoms with Gasteiger partial charge < -0.3 is 13.9 Å². The van der Waals surface area contributed by atoms with Gasteiger partial charge in [0.1, 0.15) is 11.0 Å². The maximum Gasteiger partial charge on any atom is 0.260 e. The molecule has 1 saturated carbocycles. The number of ketones is 1. The molecule has 3 fully saturated rings. The van der Waals surface area contributed by atoms with Gasteiger partial charge in [-0.05, 0) is 99.0 Å². The van der Waals surface area contributed by atoms with Crippen LogP contribution in [0.1, 0.15) is 77.7 Å². The summed E-state index contributed by atoms with van der Waals surface area (Å²) >= 11 is 0. The number of allylic oxidation sites excluding steroid dienone is 2. The predicted molar refractivity (Wildman–Crippen MR) is 207 cm³/mol. The van der Waals surface area contributed by atoms with Crippen molar-refractivity contribution >= 4 is 25.9 Å². The zero-order valence-corrected chi connectivity index (χ0v) is 33.6. The van der Waals surface area contributed by atoms with E-state index in [9.17, 15) is 4.79 Å². The molecule has 0 bridgehead atoms. The molecule has 4 aliphatic rings. The summed E-state index contributed by atoms with van der Waals surface area (Å²) in [6.45, 7) is 25.6. The second-order valence-electron chi connectivity index (χ2n) is 17.7. The Balaban J connectivity index is 1.62. The fourth-order valence-corrected chi connectivity index (χ4v) is 10.4. The van der Waals surface area contributed by atoms with E-state index >= 15 is 9.59 Å². The molecule has 2 aromatic carbocycles. The van der Waals surface area contributed by atoms with Gasteiger partial charge in [0.25, 0.3) is 5.91 Å². The van der Waals surface area contributed by atoms with Gasteiger partial charge in [0.2, 0.25) is 5.91 Å². The van der Waals surface area contributed by atoms with Crippen LogP contribution in [0.15, 0.2) is 97.1 Å². The minimum absolute atomic E-state index is 0.0272. The Bertz CT molecular complexity index is 1780. The fourth-order valence-electron chi connectivity index (χ4n) is 9.16. The van der Waals surface area contributed by atoms with Crippen molar-refractivity contribution in [2.75, 3.05) is 0 Å². The molecule has 52 heavy (non-hydrogen) atoms. The molecule has 7 nitrogen and oxygen atoms in total. The van der Waals surface area contributed by atoms with Gasteiger partial charge >= 0.3 is 0 Å². The standard InChI is InChI=1S/C44H57NO6Si/c1-28-19-18-24-33-37(50-52(10,11)41(4,5)6)30(3)29(2)36-34(27-31-20-14-12-15-21-31)45(39(47)32-22-16-13-17-23-32)40(48)44(33,36)35(46)25-26-43(9)38(28)49-42(7,8)51-43/h12-18,20-26,28-29,33-34,36-38H,3,19,27H2,1-2,4-11H3/b24-18+,26-25+/t28-,29+,33-,34-,36-,37+,38+,43+,44+/m0/s1. The Morgan fingerprint density at radius 3 is 2.23 bits per heavy atom. The number of imide groups is 1. The lowest BCUT2D eigenvalue weighted by atomic mass is 9.52. The molecule has 2 saturated heterocycles. The van der Waals surface area contributed by atoms with Crippen LogP contribution in [0.5, 0.6) is 0 Å². The Kier molecular flexibility index (Phi) is 9.91. The molecular formula is C44H57NO6Si. The van der Waals surface area contributed by atoms with Crippen LogP contribution < -0.4 is 0 Å². The van der Waals surface area contributed by atoms with Crippen LogP contribution in [0.4, 0.5) is 0 Å². The highest BCUT2D eigenvalue weighted by molar-refractivity contribution is 6.74. The fraction of sp³-hybridized carbons (Fsp3) is 0.523. The third-order valence-electron chi connectivity index (χ3n) is 12.7. The summed E-state index contributed by atoms with van der Waals surface area (Å²) in [5, 5.41) is -0.144. The number of nitrogens with zero attached hydrogens (tertiary/aromatic N) is 1. The minimum Gasteiger partial charge on any atom is -0.410 e. The van der Waals surface area contributed by atoms with Crippen molar-refractivity contribution in [1.82, 2.24) is 4.90 Å². The first-order valence-corrected chi connectivity index (χ1v) is 21.8. The van der Waals surface area contributed by atoms with E-state index in [1.165, 1.54) is 4.90 Å². The molecule has 0 N–H and O–H groups in total. The van der Waals surface area contributed by atoms with E-state index in [4.69, 9.17) is 20.5 Å². The van der Waals surface area contributed by atoms with Gasteiger partial charge in [0.05, 0.1) is 12.2 Å². The topological polar surface area (TPSA) is 82.1 Å². The third kappa shape index (κ3) is 6.33. The van der Waals surface area contributed by atoms with Gasteiger partial charge in [0.15, 0.2) is 19.9 Å². The summed E-state index contributed by atoms with van der Waals surface area (Å²) in [5.41, 5.74) is -0.338. The molecule has 0 aromatic heterocycles. The summed E-state index contributed by atoms with van der Waals surface area (Å²) in [7, 11) is -2.48. The zero-order chi connectivity index (χ0) is 38.0. The Morgan fingerprint density at radius 2 is 1.62 bits per heavy atom. The monoisotopic (exact) mass is 723 g/mol. The SMILES string of the molecule is C=C1[C@@H](C)[C@H]2[C@H](Cc3ccccc3)N(C(=O)c3ccccc3)C(=O)[C@]23C(=O)/C=C/[C@@]2(C)OC(C)(C)O[C@@H]2[C@@H](C)C/C=C/[C@H]3[C@@H]1O[Si](C)(C)C(C)(C)C. The van der Waals surface area contributed by atoms with E-state index in [-0.39, 0.29) is 28.8 Å². The molecule has 9 atom stereocenters. The summed E-state index contributed by atoms with van der Waals surface area (Å²) in [6.07, 6.45) is 7.57. The molecule has 0 unspecified atom stereocenters. The molecule has 2 aliphatic heterocycles. The average Bonchev–Trinajstić information content (AvgIpc) is 3.48. The van der Waals surface area contributed by atoms with E-state index in [1.54, 1.807) is 36.4 Å². The predicted octanol–water partition coefficient (Wildman–Crippen LogP) is 8.73. The van der Waals surface area contributed by atoms with Crippen LogP contribution in [0.2, 0.25) is 18.1 Å². The summed E-state index contributed by atoms with van der Waals surface area (Å²) in [4.78, 5) is 47.5. The van der Waals surface area contributed by atoms with E-state index in [2.05, 4.69) is 53.8 Å². The largest absolute Gasteiger partial charge is 0.410 e. The zero-order valence-electron chi connectivity index (χ0n) is 32.6. The quantitative estimate of drug-likeness (QED) is 0.133. The number of carbonyl (C=O) groups is 3. The molecule has 2 heterocycles. The van der Waals surface area contributed by atoms with Gasteiger partial charge in [0, 0.05) is 23.4 Å². The smallest absolute Gasteiger partial charge is 0.260 e. The molecule has 0 radical (unpaired) electrons. The van der Waals surface area contributed by atoms with Crippen LogP contribution in [-0.2, 0) is 29.9 Å². The number of hydrogen-bond donors (Lipinski definition) is 0. The van der Waals surface area contributed by atoms with Crippen molar-refractivity contribution in [3.63, 3.8) is 0 Å². The molecular weight excluding hydrogens is 667 g/mol. The average molecular weight is 724 g/mol. The van der Waals surface area contributed by atoms with Crippen molar-refractivity contribution in [3.8, 4) is 0 Å².